The van der Waals surface area contributed by atoms with Crippen LogP contribution in [0.3, 0.4) is 0 Å². The summed E-state index contributed by atoms with van der Waals surface area (Å²) >= 11 is 1.10. The first-order valence-corrected chi connectivity index (χ1v) is 11.7. The SMILES string of the molecule is CSc1nc(N[C@@H]2O[C@H](COC(C)=O)[C@@H](OC(C)=O)[C@H](OC(C)=O)[C@H]2OC(C)=O)c(N=O)c(=O)n1C. The number of carbonyl (C=O) groups is 4. The Balaban J connectivity index is 2.62. The number of nitroso groups, excluding NO2 is 1. The van der Waals surface area contributed by atoms with Gasteiger partial charge in [0.25, 0.3) is 5.56 Å². The first-order chi connectivity index (χ1) is 16.9. The number of thioether (sulfide) groups is 1. The quantitative estimate of drug-likeness (QED) is 0.152. The molecule has 2 rings (SSSR count). The second kappa shape index (κ2) is 12.4. The van der Waals surface area contributed by atoms with Gasteiger partial charge in [-0.05, 0) is 11.4 Å². The van der Waals surface area contributed by atoms with E-state index < -0.39 is 72.4 Å². The van der Waals surface area contributed by atoms with Crippen molar-refractivity contribution in [1.82, 2.24) is 9.55 Å². The van der Waals surface area contributed by atoms with Gasteiger partial charge in [0.15, 0.2) is 35.5 Å². The molecule has 0 bridgehead atoms. The van der Waals surface area contributed by atoms with Gasteiger partial charge in [-0.2, -0.15) is 0 Å². The van der Waals surface area contributed by atoms with Gasteiger partial charge < -0.3 is 29.0 Å². The van der Waals surface area contributed by atoms with Crippen molar-refractivity contribution < 1.29 is 42.9 Å². The van der Waals surface area contributed by atoms with Gasteiger partial charge in [0, 0.05) is 34.7 Å². The van der Waals surface area contributed by atoms with Gasteiger partial charge >= 0.3 is 23.9 Å². The van der Waals surface area contributed by atoms with E-state index in [9.17, 15) is 28.9 Å². The molecule has 1 N–H and O–H groups in total. The average Bonchev–Trinajstić information content (AvgIpc) is 2.78. The highest BCUT2D eigenvalue weighted by atomic mass is 32.2. The zero-order valence-corrected chi connectivity index (χ0v) is 21.2. The minimum absolute atomic E-state index is 0.209. The predicted molar refractivity (Wildman–Crippen MR) is 122 cm³/mol. The Morgan fingerprint density at radius 3 is 2.06 bits per heavy atom. The van der Waals surface area contributed by atoms with Crippen LogP contribution in [-0.2, 0) is 49.9 Å². The Bertz CT molecular complexity index is 1090. The smallest absolute Gasteiger partial charge is 0.303 e. The molecule has 1 fully saturated rings. The lowest BCUT2D eigenvalue weighted by atomic mass is 9.97. The molecule has 0 radical (unpaired) electrons. The molecule has 0 spiro atoms. The Labute approximate surface area is 209 Å². The maximum atomic E-state index is 12.6. The fourth-order valence-corrected chi connectivity index (χ4v) is 3.95. The fraction of sp³-hybridized carbons (Fsp3) is 0.600. The van der Waals surface area contributed by atoms with Gasteiger partial charge in [0.1, 0.15) is 12.7 Å². The molecule has 1 aromatic rings. The van der Waals surface area contributed by atoms with E-state index in [2.05, 4.69) is 15.5 Å². The molecule has 0 aliphatic carbocycles. The first-order valence-electron chi connectivity index (χ1n) is 10.4. The predicted octanol–water partition coefficient (Wildman–Crippen LogP) is 0.395. The summed E-state index contributed by atoms with van der Waals surface area (Å²) in [6.07, 6.45) is -5.29. The van der Waals surface area contributed by atoms with Crippen molar-refractivity contribution >= 4 is 47.1 Å². The van der Waals surface area contributed by atoms with Crippen molar-refractivity contribution in [2.75, 3.05) is 18.2 Å². The molecule has 1 aliphatic rings. The van der Waals surface area contributed by atoms with Crippen molar-refractivity contribution in [3.05, 3.63) is 15.3 Å². The van der Waals surface area contributed by atoms with Crippen LogP contribution in [-0.4, -0.2) is 76.9 Å². The van der Waals surface area contributed by atoms with Gasteiger partial charge in [0.2, 0.25) is 5.69 Å². The molecule has 1 aromatic heterocycles. The summed E-state index contributed by atoms with van der Waals surface area (Å²) in [6, 6.07) is 0. The van der Waals surface area contributed by atoms with Crippen LogP contribution in [0.15, 0.2) is 15.1 Å². The normalized spacial score (nSPS) is 23.2. The summed E-state index contributed by atoms with van der Waals surface area (Å²) in [5.41, 5.74) is -1.36. The molecule has 1 aliphatic heterocycles. The minimum Gasteiger partial charge on any atom is -0.463 e. The van der Waals surface area contributed by atoms with E-state index in [-0.39, 0.29) is 11.0 Å². The van der Waals surface area contributed by atoms with Crippen LogP contribution in [0.5, 0.6) is 0 Å². The van der Waals surface area contributed by atoms with E-state index >= 15 is 0 Å². The lowest BCUT2D eigenvalue weighted by molar-refractivity contribution is -0.247. The topological polar surface area (TPSA) is 191 Å². The van der Waals surface area contributed by atoms with Crippen molar-refractivity contribution in [1.29, 1.82) is 0 Å². The van der Waals surface area contributed by atoms with Crippen LogP contribution in [0, 0.1) is 4.91 Å². The van der Waals surface area contributed by atoms with Crippen molar-refractivity contribution in [3.63, 3.8) is 0 Å². The summed E-state index contributed by atoms with van der Waals surface area (Å²) in [5, 5.41) is 5.65. The van der Waals surface area contributed by atoms with Gasteiger partial charge in [-0.1, -0.05) is 11.8 Å². The maximum Gasteiger partial charge on any atom is 0.303 e. The fourth-order valence-electron chi connectivity index (χ4n) is 3.42. The molecular weight excluding hydrogens is 504 g/mol. The van der Waals surface area contributed by atoms with E-state index in [0.717, 1.165) is 44.0 Å². The average molecular weight is 531 g/mol. The molecule has 5 atom stereocenters. The maximum absolute atomic E-state index is 12.6. The van der Waals surface area contributed by atoms with Crippen molar-refractivity contribution in [3.8, 4) is 0 Å². The largest absolute Gasteiger partial charge is 0.463 e. The highest BCUT2D eigenvalue weighted by Crippen LogP contribution is 2.31. The van der Waals surface area contributed by atoms with Gasteiger partial charge in [-0.15, -0.1) is 4.91 Å². The summed E-state index contributed by atoms with van der Waals surface area (Å²) in [4.78, 5) is 75.3. The Morgan fingerprint density at radius 1 is 1.00 bits per heavy atom. The van der Waals surface area contributed by atoms with E-state index in [1.54, 1.807) is 6.26 Å². The van der Waals surface area contributed by atoms with Gasteiger partial charge in [-0.25, -0.2) is 4.98 Å². The molecule has 36 heavy (non-hydrogen) atoms. The van der Waals surface area contributed by atoms with Crippen LogP contribution >= 0.6 is 11.8 Å². The summed E-state index contributed by atoms with van der Waals surface area (Å²) in [5.74, 6) is -3.40. The van der Waals surface area contributed by atoms with Crippen LogP contribution in [0.2, 0.25) is 0 Å². The third kappa shape index (κ3) is 7.00. The number of rotatable bonds is 9. The molecular formula is C20H26N4O11S. The summed E-state index contributed by atoms with van der Waals surface area (Å²) in [7, 11) is 1.40. The zero-order valence-electron chi connectivity index (χ0n) is 20.3. The number of carbonyl (C=O) groups excluding carboxylic acids is 4. The second-order valence-electron chi connectivity index (χ2n) is 7.52. The second-order valence-corrected chi connectivity index (χ2v) is 8.29. The molecule has 0 saturated carbocycles. The molecule has 2 heterocycles. The van der Waals surface area contributed by atoms with Crippen LogP contribution in [0.4, 0.5) is 11.5 Å². The highest BCUT2D eigenvalue weighted by molar-refractivity contribution is 7.98. The molecule has 0 aromatic carbocycles. The van der Waals surface area contributed by atoms with Crippen LogP contribution in [0.25, 0.3) is 0 Å². The lowest BCUT2D eigenvalue weighted by Gasteiger charge is -2.44. The van der Waals surface area contributed by atoms with Gasteiger partial charge in [0.05, 0.1) is 0 Å². The zero-order chi connectivity index (χ0) is 27.2. The number of anilines is 1. The molecule has 15 nitrogen and oxygen atoms in total. The standard InChI is InChI=1S/C20H26N4O11S/c1-8(25)31-7-12-14(32-9(2)26)15(33-10(3)27)16(34-11(4)28)18(35-12)21-17-13(23-30)19(29)24(5)20(22-17)36-6/h12,14-16,18,21H,7H2,1-6H3/t12-,14-,15+,16-,18-/m1/s1. The third-order valence-corrected chi connectivity index (χ3v) is 5.50. The number of esters is 4. The van der Waals surface area contributed by atoms with E-state index in [1.165, 1.54) is 7.05 Å². The number of ether oxygens (including phenoxy) is 5. The van der Waals surface area contributed by atoms with E-state index in [1.807, 2.05) is 0 Å². The third-order valence-electron chi connectivity index (χ3n) is 4.77. The Morgan fingerprint density at radius 2 is 1.56 bits per heavy atom. The first kappa shape index (κ1) is 28.7. The minimum atomic E-state index is -1.47. The number of hydrogen-bond acceptors (Lipinski definition) is 15. The summed E-state index contributed by atoms with van der Waals surface area (Å²) < 4.78 is 28.0. The lowest BCUT2D eigenvalue weighted by Crippen LogP contribution is -2.64. The monoisotopic (exact) mass is 530 g/mol. The number of aromatic nitrogens is 2. The Kier molecular flexibility index (Phi) is 9.92. The molecule has 0 amide bonds. The van der Waals surface area contributed by atoms with E-state index in [4.69, 9.17) is 23.7 Å². The number of nitrogens with one attached hydrogen (secondary N) is 1. The number of nitrogens with zero attached hydrogens (tertiary/aromatic N) is 3. The van der Waals surface area contributed by atoms with E-state index in [0.29, 0.717) is 0 Å². The molecule has 198 valence electrons. The Hall–Kier alpha value is -3.53. The number of hydrogen-bond donors (Lipinski definition) is 1. The molecule has 0 unspecified atom stereocenters. The van der Waals surface area contributed by atoms with Gasteiger partial charge in [-0.3, -0.25) is 28.5 Å². The van der Waals surface area contributed by atoms with Crippen molar-refractivity contribution in [2.24, 2.45) is 12.2 Å². The molecule has 1 saturated heterocycles. The van der Waals surface area contributed by atoms with Crippen LogP contribution < -0.4 is 10.9 Å². The van der Waals surface area contributed by atoms with Crippen LogP contribution in [0.1, 0.15) is 27.7 Å². The highest BCUT2D eigenvalue weighted by Gasteiger charge is 2.52. The van der Waals surface area contributed by atoms with Crippen molar-refractivity contribution in [2.45, 2.75) is 63.5 Å². The molecule has 16 heteroatoms. The summed E-state index contributed by atoms with van der Waals surface area (Å²) in [6.45, 7) is 3.94.